The first-order chi connectivity index (χ1) is 13.9. The largest absolute Gasteiger partial charge is 0.513 e. The van der Waals surface area contributed by atoms with E-state index in [1.165, 1.54) is 6.20 Å². The van der Waals surface area contributed by atoms with Gasteiger partial charge in [0.05, 0.1) is 27.9 Å². The Morgan fingerprint density at radius 1 is 1.24 bits per heavy atom. The number of hydrogen-bond acceptors (Lipinski definition) is 6. The highest BCUT2D eigenvalue weighted by Gasteiger charge is 2.49. The fourth-order valence-corrected chi connectivity index (χ4v) is 4.16. The Kier molecular flexibility index (Phi) is 7.03. The topological polar surface area (TPSA) is 86.8 Å². The molecule has 2 aliphatic rings. The van der Waals surface area contributed by atoms with Crippen LogP contribution in [0.5, 0.6) is 0 Å². The van der Waals surface area contributed by atoms with Gasteiger partial charge in [-0.05, 0) is 32.3 Å². The number of nitrogens with zero attached hydrogens (tertiary/aromatic N) is 1. The van der Waals surface area contributed by atoms with Gasteiger partial charge in [0.15, 0.2) is 5.76 Å². The molecule has 1 aromatic heterocycles. The molecule has 1 fully saturated rings. The predicted molar refractivity (Wildman–Crippen MR) is 109 cm³/mol. The summed E-state index contributed by atoms with van der Waals surface area (Å²) in [4.78, 5) is 29.5. The summed E-state index contributed by atoms with van der Waals surface area (Å²) in [5.41, 5.74) is 0.230. The van der Waals surface area contributed by atoms with Gasteiger partial charge >= 0.3 is 6.16 Å². The summed E-state index contributed by atoms with van der Waals surface area (Å²) in [7, 11) is 0. The van der Waals surface area contributed by atoms with Gasteiger partial charge < -0.3 is 19.5 Å². The third-order valence-electron chi connectivity index (χ3n) is 5.22. The molecule has 1 saturated carbocycles. The highest BCUT2D eigenvalue weighted by molar-refractivity contribution is 6.38. The van der Waals surface area contributed by atoms with Crippen LogP contribution in [-0.4, -0.2) is 42.4 Å². The van der Waals surface area contributed by atoms with Crippen LogP contribution >= 0.6 is 23.2 Å². The van der Waals surface area contributed by atoms with Gasteiger partial charge in [-0.2, -0.15) is 0 Å². The van der Waals surface area contributed by atoms with Gasteiger partial charge in [0.25, 0.3) is 5.91 Å². The van der Waals surface area contributed by atoms with Crippen LogP contribution in [0, 0.1) is 6.92 Å². The molecular formula is C20H24Cl2N2O5. The lowest BCUT2D eigenvalue weighted by molar-refractivity contribution is -0.116. The summed E-state index contributed by atoms with van der Waals surface area (Å²) in [6.07, 6.45) is 4.73. The molecule has 1 amide bonds. The Labute approximate surface area is 179 Å². The molecule has 2 heterocycles. The van der Waals surface area contributed by atoms with E-state index in [4.69, 9.17) is 37.4 Å². The van der Waals surface area contributed by atoms with E-state index in [0.29, 0.717) is 30.0 Å². The maximum atomic E-state index is 12.9. The molecule has 0 atom stereocenters. The van der Waals surface area contributed by atoms with Crippen molar-refractivity contribution in [2.45, 2.75) is 51.5 Å². The van der Waals surface area contributed by atoms with Gasteiger partial charge in [-0.3, -0.25) is 9.78 Å². The van der Waals surface area contributed by atoms with E-state index in [2.05, 4.69) is 10.3 Å². The van der Waals surface area contributed by atoms with E-state index in [-0.39, 0.29) is 41.2 Å². The average Bonchev–Trinajstić information content (AvgIpc) is 2.95. The molecular weight excluding hydrogens is 419 g/mol. The molecule has 3 rings (SSSR count). The second-order valence-corrected chi connectivity index (χ2v) is 7.88. The zero-order valence-electron chi connectivity index (χ0n) is 16.5. The van der Waals surface area contributed by atoms with Crippen molar-refractivity contribution in [2.75, 3.05) is 19.8 Å². The molecule has 158 valence electrons. The minimum Gasteiger partial charge on any atom is -0.432 e. The molecule has 1 aliphatic heterocycles. The standard InChI is InChI=1S/C20H24Cl2N2O5/c1-3-27-9-10-28-19(26)29-17-14(16-15(22)12(2)13(21)11-23-16)18(25)24-20(17)7-5-4-6-8-20/h11H,3-10H2,1-2H3,(H,24,25). The summed E-state index contributed by atoms with van der Waals surface area (Å²) in [5.74, 6) is -0.153. The van der Waals surface area contributed by atoms with Gasteiger partial charge in [-0.15, -0.1) is 0 Å². The molecule has 0 saturated heterocycles. The minimum atomic E-state index is -0.888. The molecule has 7 nitrogen and oxygen atoms in total. The van der Waals surface area contributed by atoms with E-state index in [0.717, 1.165) is 19.3 Å². The Balaban J connectivity index is 1.98. The summed E-state index contributed by atoms with van der Waals surface area (Å²) in [6, 6.07) is 0. The molecule has 0 aromatic carbocycles. The van der Waals surface area contributed by atoms with Crippen LogP contribution in [0.15, 0.2) is 12.0 Å². The number of amides is 1. The van der Waals surface area contributed by atoms with Crippen LogP contribution in [0.25, 0.3) is 5.57 Å². The van der Waals surface area contributed by atoms with Crippen molar-refractivity contribution in [3.05, 3.63) is 33.3 Å². The summed E-state index contributed by atoms with van der Waals surface area (Å²) in [5, 5.41) is 3.65. The minimum absolute atomic E-state index is 0.0583. The number of halogens is 2. The Hall–Kier alpha value is -1.83. The highest BCUT2D eigenvalue weighted by Crippen LogP contribution is 2.44. The van der Waals surface area contributed by atoms with Gasteiger partial charge in [0.1, 0.15) is 12.2 Å². The molecule has 1 N–H and O–H groups in total. The van der Waals surface area contributed by atoms with Crippen LogP contribution in [-0.2, 0) is 19.0 Å². The molecule has 1 aliphatic carbocycles. The second kappa shape index (κ2) is 9.32. The summed E-state index contributed by atoms with van der Waals surface area (Å²) in [6.45, 7) is 4.44. The number of aromatic nitrogens is 1. The number of pyridine rings is 1. The number of carbonyl (C=O) groups is 2. The molecule has 0 bridgehead atoms. The second-order valence-electron chi connectivity index (χ2n) is 7.09. The van der Waals surface area contributed by atoms with E-state index in [1.807, 2.05) is 6.92 Å². The van der Waals surface area contributed by atoms with Crippen molar-refractivity contribution in [3.63, 3.8) is 0 Å². The van der Waals surface area contributed by atoms with Gasteiger partial charge in [-0.1, -0.05) is 42.5 Å². The molecule has 0 radical (unpaired) electrons. The molecule has 29 heavy (non-hydrogen) atoms. The molecule has 1 spiro atoms. The maximum absolute atomic E-state index is 12.9. The van der Waals surface area contributed by atoms with Gasteiger partial charge in [0, 0.05) is 12.8 Å². The Morgan fingerprint density at radius 3 is 2.66 bits per heavy atom. The number of ether oxygens (including phenoxy) is 3. The average molecular weight is 443 g/mol. The first kappa shape index (κ1) is 21.9. The normalized spacial score (nSPS) is 18.1. The SMILES string of the molecule is CCOCCOC(=O)OC1=C(c2ncc(Cl)c(C)c2Cl)C(=O)NC12CCCCC2. The van der Waals surface area contributed by atoms with Crippen molar-refractivity contribution in [1.82, 2.24) is 10.3 Å². The van der Waals surface area contributed by atoms with Crippen molar-refractivity contribution >= 4 is 40.8 Å². The van der Waals surface area contributed by atoms with E-state index < -0.39 is 11.7 Å². The fraction of sp³-hybridized carbons (Fsp3) is 0.550. The first-order valence-electron chi connectivity index (χ1n) is 9.70. The Bertz CT molecular complexity index is 834. The van der Waals surface area contributed by atoms with Crippen molar-refractivity contribution < 1.29 is 23.8 Å². The van der Waals surface area contributed by atoms with E-state index >= 15 is 0 Å². The Morgan fingerprint density at radius 2 is 1.97 bits per heavy atom. The summed E-state index contributed by atoms with van der Waals surface area (Å²) < 4.78 is 15.9. The van der Waals surface area contributed by atoms with Crippen LogP contribution < -0.4 is 5.32 Å². The summed E-state index contributed by atoms with van der Waals surface area (Å²) >= 11 is 12.5. The smallest absolute Gasteiger partial charge is 0.432 e. The predicted octanol–water partition coefficient (Wildman–Crippen LogP) is 4.43. The van der Waals surface area contributed by atoms with Crippen LogP contribution in [0.3, 0.4) is 0 Å². The van der Waals surface area contributed by atoms with Gasteiger partial charge in [-0.25, -0.2) is 4.79 Å². The lowest BCUT2D eigenvalue weighted by Gasteiger charge is -2.34. The van der Waals surface area contributed by atoms with Crippen LogP contribution in [0.1, 0.15) is 50.3 Å². The number of carbonyl (C=O) groups excluding carboxylic acids is 2. The number of rotatable bonds is 6. The lowest BCUT2D eigenvalue weighted by Crippen LogP contribution is -2.46. The highest BCUT2D eigenvalue weighted by atomic mass is 35.5. The van der Waals surface area contributed by atoms with Crippen molar-refractivity contribution in [3.8, 4) is 0 Å². The molecule has 9 heteroatoms. The number of nitrogens with one attached hydrogen (secondary N) is 1. The third-order valence-corrected chi connectivity index (χ3v) is 6.07. The zero-order chi connectivity index (χ0) is 21.0. The van der Waals surface area contributed by atoms with E-state index in [1.54, 1.807) is 6.92 Å². The van der Waals surface area contributed by atoms with Crippen LogP contribution in [0.2, 0.25) is 10.0 Å². The van der Waals surface area contributed by atoms with Gasteiger partial charge in [0.2, 0.25) is 0 Å². The fourth-order valence-electron chi connectivity index (χ4n) is 3.72. The lowest BCUT2D eigenvalue weighted by atomic mass is 9.80. The monoisotopic (exact) mass is 442 g/mol. The first-order valence-corrected chi connectivity index (χ1v) is 10.5. The quantitative estimate of drug-likeness (QED) is 0.517. The van der Waals surface area contributed by atoms with Crippen LogP contribution in [0.4, 0.5) is 4.79 Å². The maximum Gasteiger partial charge on any atom is 0.513 e. The van der Waals surface area contributed by atoms with E-state index in [9.17, 15) is 9.59 Å². The van der Waals surface area contributed by atoms with Crippen molar-refractivity contribution in [1.29, 1.82) is 0 Å². The molecule has 0 unspecified atom stereocenters. The number of hydrogen-bond donors (Lipinski definition) is 1. The van der Waals surface area contributed by atoms with Crippen molar-refractivity contribution in [2.24, 2.45) is 0 Å². The third kappa shape index (κ3) is 4.52. The molecule has 1 aromatic rings. The zero-order valence-corrected chi connectivity index (χ0v) is 18.0.